The highest BCUT2D eigenvalue weighted by molar-refractivity contribution is 7.89. The summed E-state index contributed by atoms with van der Waals surface area (Å²) in [5, 5.41) is 10.1. The molecule has 0 aliphatic heterocycles. The van der Waals surface area contributed by atoms with E-state index in [1.807, 2.05) is 23.6 Å². The smallest absolute Gasteiger partial charge is 0.246 e. The average molecular weight is 448 g/mol. The van der Waals surface area contributed by atoms with Gasteiger partial charge in [-0.1, -0.05) is 11.2 Å². The number of rotatable bonds is 7. The Morgan fingerprint density at radius 1 is 1.17 bits per heavy atom. The summed E-state index contributed by atoms with van der Waals surface area (Å²) in [4.78, 5) is 9.11. The number of nitrogens with zero attached hydrogens (tertiary/aromatic N) is 3. The van der Waals surface area contributed by atoms with E-state index >= 15 is 0 Å². The fraction of sp³-hybridized carbons (Fsp3) is 0.450. The second kappa shape index (κ2) is 8.83. The normalized spacial score (nSPS) is 19.7. The summed E-state index contributed by atoms with van der Waals surface area (Å²) in [5.41, 5.74) is 2.14. The lowest BCUT2D eigenvalue weighted by Crippen LogP contribution is -2.38. The summed E-state index contributed by atoms with van der Waals surface area (Å²) in [6.45, 7) is 4.10. The largest absolute Gasteiger partial charge is 0.361 e. The molecule has 1 aliphatic rings. The van der Waals surface area contributed by atoms with Gasteiger partial charge in [0.25, 0.3) is 0 Å². The Bertz CT molecular complexity index is 1070. The van der Waals surface area contributed by atoms with Crippen LogP contribution in [0.4, 0.5) is 5.13 Å². The van der Waals surface area contributed by atoms with Crippen LogP contribution < -0.4 is 10.0 Å². The van der Waals surface area contributed by atoms with Crippen molar-refractivity contribution >= 4 is 26.5 Å². The quantitative estimate of drug-likeness (QED) is 0.567. The van der Waals surface area contributed by atoms with E-state index in [-0.39, 0.29) is 10.9 Å². The average Bonchev–Trinajstić information content (AvgIpc) is 3.34. The summed E-state index contributed by atoms with van der Waals surface area (Å²) in [5.74, 6) is 0.818. The van der Waals surface area contributed by atoms with Crippen LogP contribution in [0.5, 0.6) is 0 Å². The van der Waals surface area contributed by atoms with Crippen LogP contribution in [0.25, 0.3) is 11.4 Å². The summed E-state index contributed by atoms with van der Waals surface area (Å²) in [6, 6.07) is 5.73. The van der Waals surface area contributed by atoms with Crippen LogP contribution in [0.2, 0.25) is 0 Å². The van der Waals surface area contributed by atoms with Crippen molar-refractivity contribution in [2.24, 2.45) is 5.92 Å². The highest BCUT2D eigenvalue weighted by atomic mass is 32.2. The van der Waals surface area contributed by atoms with Crippen LogP contribution in [0.1, 0.15) is 37.1 Å². The van der Waals surface area contributed by atoms with Crippen LogP contribution in [0.3, 0.4) is 0 Å². The minimum absolute atomic E-state index is 0.0597. The molecular weight excluding hydrogens is 422 g/mol. The van der Waals surface area contributed by atoms with Gasteiger partial charge in [-0.2, -0.15) is 0 Å². The summed E-state index contributed by atoms with van der Waals surface area (Å²) < 4.78 is 33.2. The molecule has 1 fully saturated rings. The first-order chi connectivity index (χ1) is 14.4. The zero-order valence-corrected chi connectivity index (χ0v) is 18.6. The van der Waals surface area contributed by atoms with Gasteiger partial charge in [0.1, 0.15) is 16.3 Å². The van der Waals surface area contributed by atoms with E-state index in [4.69, 9.17) is 4.52 Å². The number of nitrogens with one attached hydrogen (secondary N) is 2. The SMILES string of the molecule is Cc1noc(C)c1S(=O)(=O)NC1CCC(CNc2nc(-c3ccccn3)cs2)CC1. The molecule has 0 atom stereocenters. The van der Waals surface area contributed by atoms with Crippen LogP contribution in [0.15, 0.2) is 39.2 Å². The van der Waals surface area contributed by atoms with E-state index in [1.54, 1.807) is 31.4 Å². The first-order valence-corrected chi connectivity index (χ1v) is 12.3. The van der Waals surface area contributed by atoms with Crippen molar-refractivity contribution in [1.82, 2.24) is 19.8 Å². The predicted molar refractivity (Wildman–Crippen MR) is 116 cm³/mol. The Kier molecular flexibility index (Phi) is 6.16. The van der Waals surface area contributed by atoms with Gasteiger partial charge in [-0.05, 0) is 57.6 Å². The van der Waals surface area contributed by atoms with Crippen molar-refractivity contribution in [3.8, 4) is 11.4 Å². The molecule has 0 spiro atoms. The molecular formula is C20H25N5O3S2. The van der Waals surface area contributed by atoms with Gasteiger partial charge in [0.15, 0.2) is 10.9 Å². The van der Waals surface area contributed by atoms with Gasteiger partial charge >= 0.3 is 0 Å². The second-order valence-electron chi connectivity index (χ2n) is 7.63. The molecule has 4 rings (SSSR count). The number of aromatic nitrogens is 3. The van der Waals surface area contributed by atoms with Gasteiger partial charge in [0, 0.05) is 24.2 Å². The highest BCUT2D eigenvalue weighted by Gasteiger charge is 2.29. The molecule has 2 N–H and O–H groups in total. The lowest BCUT2D eigenvalue weighted by atomic mass is 9.86. The topological polar surface area (TPSA) is 110 Å². The number of thiazole rings is 1. The Labute approximate surface area is 180 Å². The highest BCUT2D eigenvalue weighted by Crippen LogP contribution is 2.28. The maximum atomic E-state index is 12.7. The molecule has 30 heavy (non-hydrogen) atoms. The second-order valence-corrected chi connectivity index (χ2v) is 10.1. The Morgan fingerprint density at radius 3 is 2.63 bits per heavy atom. The number of hydrogen-bond acceptors (Lipinski definition) is 8. The lowest BCUT2D eigenvalue weighted by molar-refractivity contribution is 0.324. The maximum absolute atomic E-state index is 12.7. The van der Waals surface area contributed by atoms with E-state index in [0.29, 0.717) is 17.4 Å². The van der Waals surface area contributed by atoms with E-state index in [9.17, 15) is 8.42 Å². The number of anilines is 1. The molecule has 3 aromatic heterocycles. The van der Waals surface area contributed by atoms with E-state index < -0.39 is 10.0 Å². The minimum atomic E-state index is -3.61. The van der Waals surface area contributed by atoms with Crippen molar-refractivity contribution in [3.63, 3.8) is 0 Å². The fourth-order valence-corrected chi connectivity index (χ4v) is 6.19. The van der Waals surface area contributed by atoms with Crippen molar-refractivity contribution < 1.29 is 12.9 Å². The molecule has 0 saturated heterocycles. The summed E-state index contributed by atoms with van der Waals surface area (Å²) in [6.07, 6.45) is 5.30. The van der Waals surface area contributed by atoms with Crippen LogP contribution >= 0.6 is 11.3 Å². The van der Waals surface area contributed by atoms with Crippen molar-refractivity contribution in [2.75, 3.05) is 11.9 Å². The molecule has 1 saturated carbocycles. The van der Waals surface area contributed by atoms with Gasteiger partial charge in [-0.15, -0.1) is 11.3 Å². The molecule has 8 nitrogen and oxygen atoms in total. The lowest BCUT2D eigenvalue weighted by Gasteiger charge is -2.29. The fourth-order valence-electron chi connectivity index (χ4n) is 3.84. The Hall–Kier alpha value is -2.30. The monoisotopic (exact) mass is 447 g/mol. The zero-order chi connectivity index (χ0) is 21.1. The van der Waals surface area contributed by atoms with Crippen LogP contribution in [0, 0.1) is 19.8 Å². The van der Waals surface area contributed by atoms with Crippen LogP contribution in [-0.2, 0) is 10.0 Å². The molecule has 0 unspecified atom stereocenters. The molecule has 0 aromatic carbocycles. The first kappa shape index (κ1) is 21.0. The third kappa shape index (κ3) is 4.71. The first-order valence-electron chi connectivity index (χ1n) is 9.98. The van der Waals surface area contributed by atoms with Gasteiger partial charge in [-0.25, -0.2) is 18.1 Å². The van der Waals surface area contributed by atoms with Gasteiger partial charge in [0.05, 0.1) is 5.69 Å². The van der Waals surface area contributed by atoms with E-state index in [1.165, 1.54) is 0 Å². The minimum Gasteiger partial charge on any atom is -0.361 e. The van der Waals surface area contributed by atoms with E-state index in [2.05, 4.69) is 25.2 Å². The molecule has 3 heterocycles. The molecule has 10 heteroatoms. The number of aryl methyl sites for hydroxylation is 2. The molecule has 0 amide bonds. The van der Waals surface area contributed by atoms with E-state index in [0.717, 1.165) is 48.7 Å². The molecule has 0 bridgehead atoms. The molecule has 3 aromatic rings. The molecule has 1 aliphatic carbocycles. The van der Waals surface area contributed by atoms with Crippen LogP contribution in [-0.4, -0.2) is 36.1 Å². The summed E-state index contributed by atoms with van der Waals surface area (Å²) in [7, 11) is -3.61. The van der Waals surface area contributed by atoms with Gasteiger partial charge < -0.3 is 9.84 Å². The molecule has 0 radical (unpaired) electrons. The van der Waals surface area contributed by atoms with Crippen molar-refractivity contribution in [3.05, 3.63) is 41.2 Å². The maximum Gasteiger partial charge on any atom is 0.246 e. The van der Waals surface area contributed by atoms with Crippen molar-refractivity contribution in [1.29, 1.82) is 0 Å². The standard InChI is InChI=1S/C20H25N5O3S2/c1-13-19(14(2)28-24-13)30(26,27)25-16-8-6-15(7-9-16)11-22-20-23-18(12-29-20)17-5-3-4-10-21-17/h3-5,10,12,15-16,25H,6-9,11H2,1-2H3,(H,22,23). The predicted octanol–water partition coefficient (Wildman–Crippen LogP) is 3.76. The van der Waals surface area contributed by atoms with Gasteiger partial charge in [-0.3, -0.25) is 4.98 Å². The Balaban J connectivity index is 1.27. The number of hydrogen-bond donors (Lipinski definition) is 2. The summed E-state index contributed by atoms with van der Waals surface area (Å²) >= 11 is 1.57. The number of pyridine rings is 1. The third-order valence-electron chi connectivity index (χ3n) is 5.38. The van der Waals surface area contributed by atoms with Crippen molar-refractivity contribution in [2.45, 2.75) is 50.5 Å². The van der Waals surface area contributed by atoms with Gasteiger partial charge in [0.2, 0.25) is 10.0 Å². The third-order valence-corrected chi connectivity index (χ3v) is 7.94. The zero-order valence-electron chi connectivity index (χ0n) is 17.0. The number of sulfonamides is 1. The Morgan fingerprint density at radius 2 is 1.97 bits per heavy atom. The molecule has 160 valence electrons.